The van der Waals surface area contributed by atoms with E-state index in [-0.39, 0.29) is 17.8 Å². The monoisotopic (exact) mass is 344 g/mol. The molecule has 11 heteroatoms. The topological polar surface area (TPSA) is 105 Å². The molecule has 20 heavy (non-hydrogen) atoms. The van der Waals surface area contributed by atoms with Crippen LogP contribution in [0.5, 0.6) is 0 Å². The molecule has 2 unspecified atom stereocenters. The van der Waals surface area contributed by atoms with Gasteiger partial charge in [-0.05, 0) is 24.0 Å². The zero-order valence-electron chi connectivity index (χ0n) is 11.4. The molecule has 0 heterocycles. The first-order valence-corrected chi connectivity index (χ1v) is 10.2. The molecule has 5 atom stereocenters. The summed E-state index contributed by atoms with van der Waals surface area (Å²) in [5.41, 5.74) is 0. The molecule has 1 aliphatic rings. The Morgan fingerprint density at radius 3 is 2.35 bits per heavy atom. The van der Waals surface area contributed by atoms with Crippen LogP contribution in [0.25, 0.3) is 0 Å². The Hall–Kier alpha value is 0.445. The molecular weight excluding hydrogens is 325 g/mol. The fraction of sp³-hybridized carbons (Fsp3) is 0.778. The van der Waals surface area contributed by atoms with Gasteiger partial charge in [-0.3, -0.25) is 4.57 Å². The van der Waals surface area contributed by atoms with Gasteiger partial charge in [-0.25, -0.2) is 0 Å². The normalized spacial score (nSPS) is 34.5. The maximum Gasteiger partial charge on any atom is 0.348 e. The number of rotatable bonds is 6. The van der Waals surface area contributed by atoms with Crippen LogP contribution < -0.4 is 0 Å². The second-order valence-corrected chi connectivity index (χ2v) is 9.10. The van der Waals surface area contributed by atoms with Crippen LogP contribution in [0.1, 0.15) is 6.42 Å². The molecular formula is C9H19BO7P2S. The van der Waals surface area contributed by atoms with E-state index in [1.165, 1.54) is 20.3 Å². The average molecular weight is 344 g/mol. The highest BCUT2D eigenvalue weighted by Gasteiger charge is 2.43. The molecule has 1 saturated carbocycles. The van der Waals surface area contributed by atoms with Crippen LogP contribution in [0.4, 0.5) is 0 Å². The number of methoxy groups -OCH3 is 1. The third kappa shape index (κ3) is 5.33. The zero-order valence-corrected chi connectivity index (χ0v) is 14.1. The van der Waals surface area contributed by atoms with Crippen molar-refractivity contribution in [3.63, 3.8) is 0 Å². The van der Waals surface area contributed by atoms with Gasteiger partial charge < -0.3 is 28.5 Å². The van der Waals surface area contributed by atoms with E-state index < -0.39 is 20.4 Å². The molecule has 0 amide bonds. The van der Waals surface area contributed by atoms with Gasteiger partial charge in [0.15, 0.2) is 0 Å². The van der Waals surface area contributed by atoms with Gasteiger partial charge in [0.25, 0.3) is 0 Å². The Morgan fingerprint density at radius 1 is 1.30 bits per heavy atom. The van der Waals surface area contributed by atoms with Crippen LogP contribution in [-0.4, -0.2) is 49.0 Å². The van der Waals surface area contributed by atoms with Crippen molar-refractivity contribution in [3.05, 3.63) is 11.9 Å². The summed E-state index contributed by atoms with van der Waals surface area (Å²) in [7, 11) is 0.461. The van der Waals surface area contributed by atoms with Crippen LogP contribution >= 0.6 is 14.3 Å². The zero-order chi connectivity index (χ0) is 15.6. The first-order valence-electron chi connectivity index (χ1n) is 5.94. The van der Waals surface area contributed by atoms with Crippen molar-refractivity contribution in [2.75, 3.05) is 14.2 Å². The van der Waals surface area contributed by atoms with E-state index in [0.29, 0.717) is 6.42 Å². The molecule has 0 spiro atoms. The molecule has 3 N–H and O–H groups in total. The first kappa shape index (κ1) is 18.5. The molecule has 1 rings (SSSR count). The number of ether oxygens (including phenoxy) is 1. The molecule has 116 valence electrons. The molecule has 0 aliphatic heterocycles. The Balaban J connectivity index is 2.94. The summed E-state index contributed by atoms with van der Waals surface area (Å²) >= 11 is 4.82. The molecule has 0 saturated heterocycles. The van der Waals surface area contributed by atoms with Crippen molar-refractivity contribution < 1.29 is 33.0 Å². The second kappa shape index (κ2) is 7.14. The molecule has 0 bridgehead atoms. The van der Waals surface area contributed by atoms with Crippen molar-refractivity contribution in [1.29, 1.82) is 0 Å². The molecule has 1 fully saturated rings. The lowest BCUT2D eigenvalue weighted by atomic mass is 9.83. The van der Waals surface area contributed by atoms with Crippen LogP contribution in [0.3, 0.4) is 0 Å². The summed E-state index contributed by atoms with van der Waals surface area (Å²) < 4.78 is 26.4. The van der Waals surface area contributed by atoms with Gasteiger partial charge in [-0.2, -0.15) is 0 Å². The highest BCUT2D eigenvalue weighted by Crippen LogP contribution is 2.51. The van der Waals surface area contributed by atoms with E-state index in [2.05, 4.69) is 0 Å². The van der Waals surface area contributed by atoms with E-state index in [0.717, 1.165) is 5.82 Å². The predicted molar refractivity (Wildman–Crippen MR) is 80.8 cm³/mol. The van der Waals surface area contributed by atoms with Gasteiger partial charge in [0.05, 0.1) is 12.2 Å². The van der Waals surface area contributed by atoms with Crippen molar-refractivity contribution >= 4 is 34.0 Å². The van der Waals surface area contributed by atoms with Crippen molar-refractivity contribution in [2.45, 2.75) is 24.4 Å². The Labute approximate surface area is 124 Å². The summed E-state index contributed by atoms with van der Waals surface area (Å²) in [6.45, 7) is -3.38. The highest BCUT2D eigenvalue weighted by atomic mass is 32.5. The maximum absolute atomic E-state index is 10.9. The average Bonchev–Trinajstić information content (AvgIpc) is 2.61. The maximum atomic E-state index is 10.9. The van der Waals surface area contributed by atoms with E-state index in [1.807, 2.05) is 7.85 Å². The molecule has 7 nitrogen and oxygen atoms in total. The van der Waals surface area contributed by atoms with E-state index in [9.17, 15) is 9.46 Å². The third-order valence-electron chi connectivity index (χ3n) is 3.24. The predicted octanol–water partition coefficient (Wildman–Crippen LogP) is 0.383. The fourth-order valence-corrected chi connectivity index (χ4v) is 3.79. The third-order valence-corrected chi connectivity index (χ3v) is 5.47. The molecule has 0 aromatic heterocycles. The quantitative estimate of drug-likeness (QED) is 0.469. The Bertz CT molecular complexity index is 454. The molecule has 0 radical (unpaired) electrons. The standard InChI is InChI=1S/C9H19BO7P2S/c1-15-9-7(10)5-6(3-4-18(11,12)13)8(9)17-19(14,20)16-2/h3-4,6-9H,5,10H2,1-2H3,(H,14,20)(H2,11,12,13)/b4-3+/t6-,7?,8+,9-,19?/m0/s1. The number of hydrogen-bond donors (Lipinski definition) is 3. The van der Waals surface area contributed by atoms with Crippen LogP contribution in [-0.2, 0) is 30.2 Å². The Kier molecular flexibility index (Phi) is 6.60. The van der Waals surface area contributed by atoms with Gasteiger partial charge >= 0.3 is 14.3 Å². The van der Waals surface area contributed by atoms with Gasteiger partial charge in [0.1, 0.15) is 7.85 Å². The first-order chi connectivity index (χ1) is 9.09. The molecule has 1 aliphatic carbocycles. The van der Waals surface area contributed by atoms with Crippen LogP contribution in [0.15, 0.2) is 11.9 Å². The van der Waals surface area contributed by atoms with Crippen molar-refractivity contribution in [3.8, 4) is 0 Å². The summed E-state index contributed by atoms with van der Waals surface area (Å²) in [5.74, 6) is 0.627. The molecule has 0 aromatic rings. The smallest absolute Gasteiger partial charge is 0.348 e. The second-order valence-electron chi connectivity index (χ2n) is 4.73. The van der Waals surface area contributed by atoms with Crippen LogP contribution in [0, 0.1) is 5.92 Å². The van der Waals surface area contributed by atoms with Gasteiger partial charge in [-0.15, -0.1) is 0 Å². The SMILES string of the molecule is BC1C[C@H](/C=C/P(=O)(O)O)[C@@H](OP(O)(=S)OC)[C@H]1OC. The van der Waals surface area contributed by atoms with Crippen molar-refractivity contribution in [2.24, 2.45) is 5.92 Å². The minimum Gasteiger partial charge on any atom is -0.379 e. The Morgan fingerprint density at radius 2 is 1.90 bits per heavy atom. The number of hydrogen-bond acceptors (Lipinski definition) is 5. The largest absolute Gasteiger partial charge is 0.379 e. The lowest BCUT2D eigenvalue weighted by Gasteiger charge is -2.27. The van der Waals surface area contributed by atoms with Crippen molar-refractivity contribution in [1.82, 2.24) is 0 Å². The summed E-state index contributed by atoms with van der Waals surface area (Å²) in [6.07, 6.45) is 1.07. The minimum atomic E-state index is -4.24. The lowest BCUT2D eigenvalue weighted by molar-refractivity contribution is 0.00539. The summed E-state index contributed by atoms with van der Waals surface area (Å²) in [5, 5.41) is 0. The highest BCUT2D eigenvalue weighted by molar-refractivity contribution is 8.07. The van der Waals surface area contributed by atoms with E-state index in [1.54, 1.807) is 0 Å². The lowest BCUT2D eigenvalue weighted by Crippen LogP contribution is -2.30. The van der Waals surface area contributed by atoms with Crippen LogP contribution in [0.2, 0.25) is 5.82 Å². The summed E-state index contributed by atoms with van der Waals surface area (Å²) in [6, 6.07) is 0. The van der Waals surface area contributed by atoms with Gasteiger partial charge in [0, 0.05) is 26.0 Å². The van der Waals surface area contributed by atoms with E-state index >= 15 is 0 Å². The van der Waals surface area contributed by atoms with Gasteiger partial charge in [-0.1, -0.05) is 6.08 Å². The summed E-state index contributed by atoms with van der Waals surface area (Å²) in [4.78, 5) is 27.6. The van der Waals surface area contributed by atoms with E-state index in [4.69, 9.17) is 35.4 Å². The molecule has 0 aromatic carbocycles. The fourth-order valence-electron chi connectivity index (χ4n) is 2.38. The van der Waals surface area contributed by atoms with Gasteiger partial charge in [0.2, 0.25) is 0 Å². The minimum absolute atomic E-state index is 0.100.